The van der Waals surface area contributed by atoms with Crippen LogP contribution in [0.2, 0.25) is 0 Å². The Bertz CT molecular complexity index is 1050. The Morgan fingerprint density at radius 2 is 2.14 bits per heavy atom. The molecule has 0 spiro atoms. The van der Waals surface area contributed by atoms with Crippen molar-refractivity contribution in [3.8, 4) is 0 Å². The minimum atomic E-state index is -0.521. The topological polar surface area (TPSA) is 142 Å². The summed E-state index contributed by atoms with van der Waals surface area (Å²) < 4.78 is 12.2. The van der Waals surface area contributed by atoms with E-state index < -0.39 is 5.97 Å². The van der Waals surface area contributed by atoms with E-state index in [4.69, 9.17) is 14.9 Å². The van der Waals surface area contributed by atoms with Gasteiger partial charge in [-0.3, -0.25) is 4.57 Å². The average Bonchev–Trinajstić information content (AvgIpc) is 3.17. The number of aromatic nitrogens is 5. The normalized spacial score (nSPS) is 11.2. The van der Waals surface area contributed by atoms with Crippen LogP contribution in [0, 0.1) is 6.92 Å². The van der Waals surface area contributed by atoms with Crippen molar-refractivity contribution < 1.29 is 13.9 Å². The van der Waals surface area contributed by atoms with Gasteiger partial charge in [0.25, 0.3) is 0 Å². The predicted molar refractivity (Wildman–Crippen MR) is 104 cm³/mol. The van der Waals surface area contributed by atoms with E-state index in [-0.39, 0.29) is 29.4 Å². The Labute approximate surface area is 164 Å². The predicted octanol–water partition coefficient (Wildman–Crippen LogP) is 2.27. The van der Waals surface area contributed by atoms with E-state index in [2.05, 4.69) is 27.1 Å². The monoisotopic (exact) mass is 406 g/mol. The molecule has 11 heteroatoms. The van der Waals surface area contributed by atoms with Gasteiger partial charge in [-0.2, -0.15) is 4.98 Å². The third-order valence-corrected chi connectivity index (χ3v) is 5.04. The molecule has 3 N–H and O–H groups in total. The number of carbonyl (C=O) groups excluding carboxylic acids is 1. The van der Waals surface area contributed by atoms with Crippen LogP contribution in [0.25, 0.3) is 11.1 Å². The van der Waals surface area contributed by atoms with Gasteiger partial charge in [-0.25, -0.2) is 19.7 Å². The number of nitrogens with one attached hydrogen (secondary N) is 1. The van der Waals surface area contributed by atoms with E-state index in [9.17, 15) is 9.59 Å². The van der Waals surface area contributed by atoms with Gasteiger partial charge in [-0.1, -0.05) is 25.1 Å². The summed E-state index contributed by atoms with van der Waals surface area (Å²) in [6, 6.07) is 0. The van der Waals surface area contributed by atoms with Gasteiger partial charge in [0.05, 0.1) is 17.7 Å². The number of anilines is 1. The minimum absolute atomic E-state index is 0.144. The zero-order valence-corrected chi connectivity index (χ0v) is 16.8. The molecule has 0 fully saturated rings. The van der Waals surface area contributed by atoms with Crippen LogP contribution in [-0.2, 0) is 17.0 Å². The molecule has 28 heavy (non-hydrogen) atoms. The van der Waals surface area contributed by atoms with Gasteiger partial charge in [-0.05, 0) is 20.3 Å². The molecular weight excluding hydrogens is 384 g/mol. The van der Waals surface area contributed by atoms with E-state index in [1.165, 1.54) is 11.8 Å². The second-order valence-corrected chi connectivity index (χ2v) is 7.01. The van der Waals surface area contributed by atoms with Gasteiger partial charge < -0.3 is 14.9 Å². The van der Waals surface area contributed by atoms with Gasteiger partial charge >= 0.3 is 11.7 Å². The number of aromatic amines is 1. The van der Waals surface area contributed by atoms with Crippen LogP contribution >= 0.6 is 11.8 Å². The molecule has 0 aromatic carbocycles. The van der Waals surface area contributed by atoms with Crippen LogP contribution in [0.1, 0.15) is 48.6 Å². The number of carbonyl (C=O) groups is 1. The summed E-state index contributed by atoms with van der Waals surface area (Å²) in [7, 11) is 0. The number of thioether (sulfide) groups is 1. The van der Waals surface area contributed by atoms with Gasteiger partial charge in [0.1, 0.15) is 23.0 Å². The van der Waals surface area contributed by atoms with E-state index in [0.29, 0.717) is 34.4 Å². The van der Waals surface area contributed by atoms with Crippen LogP contribution < -0.4 is 11.4 Å². The zero-order chi connectivity index (χ0) is 20.3. The van der Waals surface area contributed by atoms with Crippen molar-refractivity contribution in [2.75, 3.05) is 12.3 Å². The second kappa shape index (κ2) is 8.46. The summed E-state index contributed by atoms with van der Waals surface area (Å²) in [6.07, 6.45) is 1.85. The van der Waals surface area contributed by atoms with Crippen molar-refractivity contribution in [1.82, 2.24) is 24.7 Å². The fourth-order valence-electron chi connectivity index (χ4n) is 2.75. The molecule has 0 aliphatic heterocycles. The lowest BCUT2D eigenvalue weighted by Crippen LogP contribution is -2.17. The molecule has 3 heterocycles. The van der Waals surface area contributed by atoms with E-state index in [1.54, 1.807) is 18.4 Å². The minimum Gasteiger partial charge on any atom is -0.462 e. The largest absolute Gasteiger partial charge is 0.462 e. The lowest BCUT2D eigenvalue weighted by Gasteiger charge is -2.05. The number of hydrogen-bond donors (Lipinski definition) is 2. The highest BCUT2D eigenvalue weighted by atomic mass is 32.2. The first-order chi connectivity index (χ1) is 13.5. The van der Waals surface area contributed by atoms with Crippen molar-refractivity contribution in [1.29, 1.82) is 0 Å². The molecule has 3 rings (SSSR count). The first-order valence-electron chi connectivity index (χ1n) is 8.96. The number of fused-ring (bicyclic) bond motifs is 1. The van der Waals surface area contributed by atoms with Crippen LogP contribution in [0.3, 0.4) is 0 Å². The zero-order valence-electron chi connectivity index (χ0n) is 15.9. The van der Waals surface area contributed by atoms with Gasteiger partial charge in [-0.15, -0.1) is 5.10 Å². The summed E-state index contributed by atoms with van der Waals surface area (Å²) in [5.41, 5.74) is 6.30. The van der Waals surface area contributed by atoms with Gasteiger partial charge in [0, 0.05) is 6.54 Å². The van der Waals surface area contributed by atoms with Crippen LogP contribution in [0.5, 0.6) is 0 Å². The molecular formula is C17H22N6O4S. The smallest absolute Gasteiger partial charge is 0.343 e. The summed E-state index contributed by atoms with van der Waals surface area (Å²) >= 11 is 1.32. The number of ether oxygens (including phenoxy) is 1. The van der Waals surface area contributed by atoms with Crippen molar-refractivity contribution in [3.63, 3.8) is 0 Å². The number of nitrogens with two attached hydrogens (primary N) is 1. The standard InChI is InChI=1S/C17H22N6O4S/c1-4-6-7-23-16(25)21-22-17(23)28-8-10-19-13(18)12-11(15(24)26-5-2)9(3)27-14(12)20-10/h4-8H2,1-3H3,(H,21,25)(H2,18,19,20). The molecule has 3 aromatic rings. The third kappa shape index (κ3) is 3.88. The molecule has 0 saturated carbocycles. The number of H-pyrrole nitrogens is 1. The van der Waals surface area contributed by atoms with Crippen LogP contribution in [0.15, 0.2) is 14.4 Å². The Balaban J connectivity index is 1.86. The number of unbranched alkanes of at least 4 members (excludes halogenated alkanes) is 1. The summed E-state index contributed by atoms with van der Waals surface area (Å²) in [5.74, 6) is 0.751. The maximum atomic E-state index is 12.2. The molecule has 0 aliphatic rings. The van der Waals surface area contributed by atoms with Gasteiger partial charge in [0.15, 0.2) is 5.16 Å². The summed E-state index contributed by atoms with van der Waals surface area (Å²) in [6.45, 7) is 6.26. The van der Waals surface area contributed by atoms with Crippen molar-refractivity contribution in [2.24, 2.45) is 0 Å². The summed E-state index contributed by atoms with van der Waals surface area (Å²) in [5, 5.41) is 7.42. The molecule has 10 nitrogen and oxygen atoms in total. The molecule has 0 bridgehead atoms. The molecule has 3 aromatic heterocycles. The first-order valence-corrected chi connectivity index (χ1v) is 9.95. The highest BCUT2D eigenvalue weighted by molar-refractivity contribution is 7.98. The Morgan fingerprint density at radius 1 is 1.36 bits per heavy atom. The van der Waals surface area contributed by atoms with Crippen molar-refractivity contribution in [3.05, 3.63) is 27.6 Å². The third-order valence-electron chi connectivity index (χ3n) is 4.07. The fourth-order valence-corrected chi connectivity index (χ4v) is 3.58. The molecule has 0 atom stereocenters. The average molecular weight is 406 g/mol. The van der Waals surface area contributed by atoms with Crippen LogP contribution in [-0.4, -0.2) is 37.3 Å². The van der Waals surface area contributed by atoms with E-state index in [0.717, 1.165) is 12.8 Å². The maximum Gasteiger partial charge on any atom is 0.343 e. The van der Waals surface area contributed by atoms with Crippen LogP contribution in [0.4, 0.5) is 5.82 Å². The highest BCUT2D eigenvalue weighted by Gasteiger charge is 2.24. The SMILES string of the molecule is CCCCn1c(SCc2nc(N)c3c(C(=O)OCC)c(C)oc3n2)n[nH]c1=O. The number of furan rings is 1. The highest BCUT2D eigenvalue weighted by Crippen LogP contribution is 2.30. The lowest BCUT2D eigenvalue weighted by atomic mass is 10.2. The Morgan fingerprint density at radius 3 is 2.86 bits per heavy atom. The van der Waals surface area contributed by atoms with E-state index in [1.807, 2.05) is 0 Å². The molecule has 0 amide bonds. The lowest BCUT2D eigenvalue weighted by molar-refractivity contribution is 0.0526. The number of aryl methyl sites for hydroxylation is 1. The number of nitrogens with zero attached hydrogens (tertiary/aromatic N) is 4. The molecule has 0 aliphatic carbocycles. The Kier molecular flexibility index (Phi) is 6.02. The molecule has 0 unspecified atom stereocenters. The van der Waals surface area contributed by atoms with Gasteiger partial charge in [0.2, 0.25) is 5.71 Å². The number of esters is 1. The number of rotatable bonds is 8. The van der Waals surface area contributed by atoms with Crippen molar-refractivity contribution in [2.45, 2.75) is 51.1 Å². The Hall–Kier alpha value is -2.82. The fraction of sp³-hybridized carbons (Fsp3) is 0.471. The number of hydrogen-bond acceptors (Lipinski definition) is 9. The quantitative estimate of drug-likeness (QED) is 0.425. The second-order valence-electron chi connectivity index (χ2n) is 6.06. The maximum absolute atomic E-state index is 12.2. The summed E-state index contributed by atoms with van der Waals surface area (Å²) in [4.78, 5) is 32.7. The molecule has 0 saturated heterocycles. The van der Waals surface area contributed by atoms with E-state index >= 15 is 0 Å². The van der Waals surface area contributed by atoms with Crippen molar-refractivity contribution >= 4 is 34.6 Å². The molecule has 150 valence electrons. The molecule has 0 radical (unpaired) electrons. The number of nitrogen functional groups attached to an aromatic ring is 1. The first kappa shape index (κ1) is 19.9.